The van der Waals surface area contributed by atoms with E-state index in [2.05, 4.69) is 26.9 Å². The molecule has 2 heterocycles. The molecule has 2 aromatic rings. The van der Waals surface area contributed by atoms with Crippen molar-refractivity contribution in [3.63, 3.8) is 0 Å². The van der Waals surface area contributed by atoms with Gasteiger partial charge in [0.25, 0.3) is 0 Å². The molecule has 0 saturated carbocycles. The van der Waals surface area contributed by atoms with Crippen molar-refractivity contribution in [1.82, 2.24) is 19.9 Å². The smallest absolute Gasteiger partial charge is 0.243 e. The molecule has 1 aromatic heterocycles. The zero-order valence-electron chi connectivity index (χ0n) is 14.5. The number of para-hydroxylation sites is 1. The third-order valence-electron chi connectivity index (χ3n) is 4.49. The molecule has 1 aromatic carbocycles. The largest absolute Gasteiger partial charge is 0.494 e. The second kappa shape index (κ2) is 8.26. The fourth-order valence-corrected chi connectivity index (χ4v) is 3.01. The number of aryl methyl sites for hydroxylation is 1. The third kappa shape index (κ3) is 4.55. The number of rotatable bonds is 7. The Bertz CT molecular complexity index is 608. The number of ether oxygens (including phenoxy) is 1. The van der Waals surface area contributed by atoms with Crippen molar-refractivity contribution in [2.75, 3.05) is 39.3 Å². The van der Waals surface area contributed by atoms with Crippen LogP contribution in [0.15, 0.2) is 34.9 Å². The Morgan fingerprint density at radius 2 is 1.92 bits per heavy atom. The van der Waals surface area contributed by atoms with Gasteiger partial charge in [0.15, 0.2) is 5.82 Å². The molecule has 0 radical (unpaired) electrons. The quantitative estimate of drug-likeness (QED) is 0.727. The van der Waals surface area contributed by atoms with Crippen LogP contribution in [0.25, 0.3) is 0 Å². The van der Waals surface area contributed by atoms with Crippen molar-refractivity contribution in [1.29, 1.82) is 0 Å². The normalized spacial score (nSPS) is 17.8. The van der Waals surface area contributed by atoms with Crippen LogP contribution in [-0.4, -0.2) is 59.3 Å². The van der Waals surface area contributed by atoms with Crippen LogP contribution in [0.3, 0.4) is 0 Å². The van der Waals surface area contributed by atoms with E-state index in [1.807, 2.05) is 37.3 Å². The maximum atomic E-state index is 5.75. The van der Waals surface area contributed by atoms with Gasteiger partial charge in [-0.2, -0.15) is 4.98 Å². The fourth-order valence-electron chi connectivity index (χ4n) is 3.01. The van der Waals surface area contributed by atoms with Gasteiger partial charge in [-0.05, 0) is 32.4 Å². The summed E-state index contributed by atoms with van der Waals surface area (Å²) >= 11 is 0. The van der Waals surface area contributed by atoms with Crippen LogP contribution in [0.5, 0.6) is 5.75 Å². The fraction of sp³-hybridized carbons (Fsp3) is 0.556. The van der Waals surface area contributed by atoms with Crippen LogP contribution < -0.4 is 4.74 Å². The molecule has 0 spiro atoms. The molecule has 130 valence electrons. The van der Waals surface area contributed by atoms with Crippen LogP contribution in [0.4, 0.5) is 0 Å². The van der Waals surface area contributed by atoms with Gasteiger partial charge in [0.05, 0.1) is 12.6 Å². The monoisotopic (exact) mass is 330 g/mol. The van der Waals surface area contributed by atoms with Crippen molar-refractivity contribution in [2.45, 2.75) is 26.3 Å². The van der Waals surface area contributed by atoms with Crippen LogP contribution in [0, 0.1) is 6.92 Å². The minimum absolute atomic E-state index is 0.190. The number of hydrogen-bond acceptors (Lipinski definition) is 6. The minimum Gasteiger partial charge on any atom is -0.494 e. The second-order valence-electron chi connectivity index (χ2n) is 6.25. The van der Waals surface area contributed by atoms with E-state index in [4.69, 9.17) is 9.26 Å². The van der Waals surface area contributed by atoms with Gasteiger partial charge in [-0.3, -0.25) is 4.90 Å². The summed E-state index contributed by atoms with van der Waals surface area (Å²) in [5.74, 6) is 2.37. The van der Waals surface area contributed by atoms with Gasteiger partial charge in [-0.1, -0.05) is 23.4 Å². The topological polar surface area (TPSA) is 54.6 Å². The molecule has 1 fully saturated rings. The van der Waals surface area contributed by atoms with Gasteiger partial charge in [0.1, 0.15) is 5.75 Å². The van der Waals surface area contributed by atoms with Crippen molar-refractivity contribution in [3.05, 3.63) is 42.0 Å². The molecule has 24 heavy (non-hydrogen) atoms. The van der Waals surface area contributed by atoms with E-state index in [9.17, 15) is 0 Å². The van der Waals surface area contributed by atoms with Crippen molar-refractivity contribution in [2.24, 2.45) is 0 Å². The molecule has 6 nitrogen and oxygen atoms in total. The Morgan fingerprint density at radius 1 is 1.17 bits per heavy atom. The third-order valence-corrected chi connectivity index (χ3v) is 4.49. The Balaban J connectivity index is 1.35. The van der Waals surface area contributed by atoms with Crippen LogP contribution >= 0.6 is 0 Å². The first-order chi connectivity index (χ1) is 11.7. The van der Waals surface area contributed by atoms with Crippen LogP contribution in [0.1, 0.15) is 31.1 Å². The molecule has 0 amide bonds. The Hall–Kier alpha value is -1.92. The van der Waals surface area contributed by atoms with Crippen molar-refractivity contribution >= 4 is 0 Å². The SMILES string of the molecule is Cc1noc(C(C)N2CCN(CCCOc3ccccc3)CC2)n1. The number of aromatic nitrogens is 2. The lowest BCUT2D eigenvalue weighted by Crippen LogP contribution is -2.47. The molecule has 1 saturated heterocycles. The summed E-state index contributed by atoms with van der Waals surface area (Å²) < 4.78 is 11.0. The minimum atomic E-state index is 0.190. The molecule has 1 aliphatic rings. The van der Waals surface area contributed by atoms with Gasteiger partial charge in [0, 0.05) is 32.7 Å². The molecule has 0 bridgehead atoms. The first-order valence-corrected chi connectivity index (χ1v) is 8.67. The van der Waals surface area contributed by atoms with E-state index in [1.54, 1.807) is 0 Å². The summed E-state index contributed by atoms with van der Waals surface area (Å²) in [5, 5.41) is 3.89. The lowest BCUT2D eigenvalue weighted by Gasteiger charge is -2.36. The molecular weight excluding hydrogens is 304 g/mol. The van der Waals surface area contributed by atoms with Crippen LogP contribution in [-0.2, 0) is 0 Å². The average molecular weight is 330 g/mol. The molecular formula is C18H26N4O2. The lowest BCUT2D eigenvalue weighted by atomic mass is 10.2. The van der Waals surface area contributed by atoms with Gasteiger partial charge in [-0.15, -0.1) is 0 Å². The Morgan fingerprint density at radius 3 is 2.58 bits per heavy atom. The zero-order valence-corrected chi connectivity index (χ0v) is 14.5. The van der Waals surface area contributed by atoms with E-state index < -0.39 is 0 Å². The molecule has 0 N–H and O–H groups in total. The van der Waals surface area contributed by atoms with E-state index in [1.165, 1.54) is 0 Å². The number of hydrogen-bond donors (Lipinski definition) is 0. The Kier molecular flexibility index (Phi) is 5.82. The predicted molar refractivity (Wildman–Crippen MR) is 92.0 cm³/mol. The maximum Gasteiger partial charge on any atom is 0.243 e. The summed E-state index contributed by atoms with van der Waals surface area (Å²) in [6.45, 7) is 10.0. The first kappa shape index (κ1) is 16.9. The van der Waals surface area contributed by atoms with Gasteiger partial charge in [-0.25, -0.2) is 0 Å². The number of nitrogens with zero attached hydrogens (tertiary/aromatic N) is 4. The summed E-state index contributed by atoms with van der Waals surface area (Å²) in [7, 11) is 0. The highest BCUT2D eigenvalue weighted by atomic mass is 16.5. The van der Waals surface area contributed by atoms with E-state index in [-0.39, 0.29) is 6.04 Å². The summed E-state index contributed by atoms with van der Waals surface area (Å²) in [6.07, 6.45) is 1.05. The predicted octanol–water partition coefficient (Wildman–Crippen LogP) is 2.53. The highest BCUT2D eigenvalue weighted by Gasteiger charge is 2.25. The summed E-state index contributed by atoms with van der Waals surface area (Å²) in [6, 6.07) is 10.2. The highest BCUT2D eigenvalue weighted by Crippen LogP contribution is 2.20. The molecule has 6 heteroatoms. The molecule has 0 aliphatic carbocycles. The van der Waals surface area contributed by atoms with Gasteiger partial charge >= 0.3 is 0 Å². The number of piperazine rings is 1. The van der Waals surface area contributed by atoms with Crippen molar-refractivity contribution in [3.8, 4) is 5.75 Å². The Labute approximate surface area is 143 Å². The molecule has 3 rings (SSSR count). The highest BCUT2D eigenvalue weighted by molar-refractivity contribution is 5.20. The first-order valence-electron chi connectivity index (χ1n) is 8.67. The van der Waals surface area contributed by atoms with Gasteiger partial charge in [0.2, 0.25) is 5.89 Å². The second-order valence-corrected chi connectivity index (χ2v) is 6.25. The standard InChI is InChI=1S/C18H26N4O2/c1-15(18-19-16(2)20-24-18)22-12-10-21(11-13-22)9-6-14-23-17-7-4-3-5-8-17/h3-5,7-8,15H,6,9-14H2,1-2H3. The molecule has 1 atom stereocenters. The van der Waals surface area contributed by atoms with E-state index in [0.29, 0.717) is 5.82 Å². The molecule has 1 aliphatic heterocycles. The van der Waals surface area contributed by atoms with Gasteiger partial charge < -0.3 is 14.2 Å². The van der Waals surface area contributed by atoms with Crippen LogP contribution in [0.2, 0.25) is 0 Å². The maximum absolute atomic E-state index is 5.75. The number of benzene rings is 1. The van der Waals surface area contributed by atoms with Crippen molar-refractivity contribution < 1.29 is 9.26 Å². The van der Waals surface area contributed by atoms with E-state index in [0.717, 1.165) is 57.4 Å². The summed E-state index contributed by atoms with van der Waals surface area (Å²) in [5.41, 5.74) is 0. The zero-order chi connectivity index (χ0) is 16.8. The molecule has 1 unspecified atom stereocenters. The summed E-state index contributed by atoms with van der Waals surface area (Å²) in [4.78, 5) is 9.25. The lowest BCUT2D eigenvalue weighted by molar-refractivity contribution is 0.0852. The van der Waals surface area contributed by atoms with E-state index >= 15 is 0 Å². The average Bonchev–Trinajstić information content (AvgIpc) is 3.06.